The highest BCUT2D eigenvalue weighted by atomic mass is 19.4. The van der Waals surface area contributed by atoms with Crippen LogP contribution in [0.1, 0.15) is 32.6 Å². The molecule has 0 radical (unpaired) electrons. The minimum Gasteiger partial charge on any atom is -0.368 e. The molecule has 1 atom stereocenters. The van der Waals surface area contributed by atoms with Gasteiger partial charge in [0.25, 0.3) is 5.91 Å². The van der Waals surface area contributed by atoms with Crippen molar-refractivity contribution < 1.29 is 35.9 Å². The first-order valence-corrected chi connectivity index (χ1v) is 8.23. The molecule has 4 nitrogen and oxygen atoms in total. The Morgan fingerprint density at radius 1 is 0.966 bits per heavy atom. The van der Waals surface area contributed by atoms with Crippen molar-refractivity contribution in [2.24, 2.45) is 5.73 Å². The molecular formula is C19H16F6N2O2. The molecule has 0 heterocycles. The molecule has 0 aliphatic rings. The SMILES string of the molecule is Cc1ccccc1C[C@H](NC(=O)c1cc(C(F)(F)F)cc(C(F)(F)F)c1)C(N)=O. The molecule has 2 rings (SSSR count). The summed E-state index contributed by atoms with van der Waals surface area (Å²) in [5.74, 6) is -2.26. The summed E-state index contributed by atoms with van der Waals surface area (Å²) in [6, 6.07) is 5.96. The van der Waals surface area contributed by atoms with Gasteiger partial charge in [-0.2, -0.15) is 26.3 Å². The van der Waals surface area contributed by atoms with E-state index >= 15 is 0 Å². The Hall–Kier alpha value is -3.04. The van der Waals surface area contributed by atoms with Gasteiger partial charge >= 0.3 is 12.4 Å². The number of hydrogen-bond acceptors (Lipinski definition) is 2. The number of primary amides is 1. The van der Waals surface area contributed by atoms with Crippen LogP contribution in [0.4, 0.5) is 26.3 Å². The molecule has 0 aliphatic heterocycles. The number of rotatable bonds is 5. The quantitative estimate of drug-likeness (QED) is 0.724. The average molecular weight is 418 g/mol. The Kier molecular flexibility index (Phi) is 6.24. The van der Waals surface area contributed by atoms with Crippen LogP contribution in [-0.4, -0.2) is 17.9 Å². The number of benzene rings is 2. The molecule has 0 bridgehead atoms. The smallest absolute Gasteiger partial charge is 0.368 e. The molecular weight excluding hydrogens is 402 g/mol. The van der Waals surface area contributed by atoms with Crippen LogP contribution in [0.2, 0.25) is 0 Å². The van der Waals surface area contributed by atoms with Crippen molar-refractivity contribution >= 4 is 11.8 Å². The molecule has 0 aromatic heterocycles. The van der Waals surface area contributed by atoms with Gasteiger partial charge < -0.3 is 11.1 Å². The highest BCUT2D eigenvalue weighted by Gasteiger charge is 2.37. The molecule has 0 unspecified atom stereocenters. The van der Waals surface area contributed by atoms with Gasteiger partial charge in [0.15, 0.2) is 0 Å². The maximum absolute atomic E-state index is 12.9. The lowest BCUT2D eigenvalue weighted by Crippen LogP contribution is -2.46. The Bertz CT molecular complexity index is 889. The number of nitrogens with two attached hydrogens (primary N) is 1. The van der Waals surface area contributed by atoms with Crippen molar-refractivity contribution in [1.82, 2.24) is 5.32 Å². The lowest BCUT2D eigenvalue weighted by molar-refractivity contribution is -0.143. The van der Waals surface area contributed by atoms with Crippen molar-refractivity contribution in [3.8, 4) is 0 Å². The second kappa shape index (κ2) is 8.14. The fourth-order valence-electron chi connectivity index (χ4n) is 2.61. The minimum absolute atomic E-state index is 0.0706. The number of carbonyl (C=O) groups excluding carboxylic acids is 2. The Morgan fingerprint density at radius 3 is 1.93 bits per heavy atom. The number of carbonyl (C=O) groups is 2. The second-order valence-corrected chi connectivity index (χ2v) is 6.35. The van der Waals surface area contributed by atoms with Gasteiger partial charge in [0.1, 0.15) is 6.04 Å². The summed E-state index contributed by atoms with van der Waals surface area (Å²) in [7, 11) is 0. The first kappa shape index (κ1) is 22.3. The number of aryl methyl sites for hydroxylation is 1. The summed E-state index contributed by atoms with van der Waals surface area (Å²) in [6.07, 6.45) is -10.3. The molecule has 0 saturated carbocycles. The van der Waals surface area contributed by atoms with Crippen LogP contribution < -0.4 is 11.1 Å². The Labute approximate surface area is 161 Å². The van der Waals surface area contributed by atoms with Gasteiger partial charge in [-0.1, -0.05) is 24.3 Å². The second-order valence-electron chi connectivity index (χ2n) is 6.35. The molecule has 29 heavy (non-hydrogen) atoms. The largest absolute Gasteiger partial charge is 0.416 e. The topological polar surface area (TPSA) is 72.2 Å². The molecule has 0 saturated heterocycles. The third-order valence-corrected chi connectivity index (χ3v) is 4.18. The molecule has 0 spiro atoms. The van der Waals surface area contributed by atoms with E-state index in [2.05, 4.69) is 5.32 Å². The van der Waals surface area contributed by atoms with E-state index in [-0.39, 0.29) is 24.6 Å². The van der Waals surface area contributed by atoms with Crippen LogP contribution in [0.15, 0.2) is 42.5 Å². The van der Waals surface area contributed by atoms with Gasteiger partial charge in [0.05, 0.1) is 11.1 Å². The van der Waals surface area contributed by atoms with E-state index in [1.54, 1.807) is 31.2 Å². The maximum Gasteiger partial charge on any atom is 0.416 e. The van der Waals surface area contributed by atoms with Crippen LogP contribution in [0.25, 0.3) is 0 Å². The van der Waals surface area contributed by atoms with Crippen molar-refractivity contribution in [3.05, 3.63) is 70.3 Å². The van der Waals surface area contributed by atoms with E-state index in [9.17, 15) is 35.9 Å². The minimum atomic E-state index is -5.10. The van der Waals surface area contributed by atoms with Crippen molar-refractivity contribution in [1.29, 1.82) is 0 Å². The lowest BCUT2D eigenvalue weighted by atomic mass is 10.00. The average Bonchev–Trinajstić information content (AvgIpc) is 2.60. The fraction of sp³-hybridized carbons (Fsp3) is 0.263. The number of nitrogens with one attached hydrogen (secondary N) is 1. The highest BCUT2D eigenvalue weighted by Crippen LogP contribution is 2.36. The first-order chi connectivity index (χ1) is 13.3. The monoisotopic (exact) mass is 418 g/mol. The summed E-state index contributed by atoms with van der Waals surface area (Å²) in [4.78, 5) is 24.0. The van der Waals surface area contributed by atoms with E-state index in [4.69, 9.17) is 5.73 Å². The molecule has 2 amide bonds. The number of hydrogen-bond donors (Lipinski definition) is 2. The standard InChI is InChI=1S/C19H16F6N2O2/c1-10-4-2-3-5-11(10)8-15(16(26)28)27-17(29)12-6-13(18(20,21)22)9-14(7-12)19(23,24)25/h2-7,9,15H,8H2,1H3,(H2,26,28)(H,27,29)/t15-/m0/s1. The predicted octanol–water partition coefficient (Wildman–Crippen LogP) is 3.86. The van der Waals surface area contributed by atoms with Crippen molar-refractivity contribution in [2.75, 3.05) is 0 Å². The Morgan fingerprint density at radius 2 is 1.48 bits per heavy atom. The van der Waals surface area contributed by atoms with Gasteiger partial charge in [-0.25, -0.2) is 0 Å². The van der Waals surface area contributed by atoms with E-state index in [0.29, 0.717) is 5.56 Å². The van der Waals surface area contributed by atoms with Gasteiger partial charge in [-0.3, -0.25) is 9.59 Å². The maximum atomic E-state index is 12.9. The first-order valence-electron chi connectivity index (χ1n) is 8.23. The molecule has 10 heteroatoms. The summed E-state index contributed by atoms with van der Waals surface area (Å²) in [5.41, 5.74) is 2.50. The normalized spacial score (nSPS) is 13.1. The van der Waals surface area contributed by atoms with Gasteiger partial charge in [0, 0.05) is 12.0 Å². The zero-order valence-corrected chi connectivity index (χ0v) is 15.0. The molecule has 0 fully saturated rings. The van der Waals surface area contributed by atoms with Crippen LogP contribution in [0, 0.1) is 6.92 Å². The summed E-state index contributed by atoms with van der Waals surface area (Å²) in [6.45, 7) is 1.73. The highest BCUT2D eigenvalue weighted by molar-refractivity contribution is 5.97. The van der Waals surface area contributed by atoms with Crippen molar-refractivity contribution in [2.45, 2.75) is 31.7 Å². The van der Waals surface area contributed by atoms with E-state index < -0.39 is 46.9 Å². The summed E-state index contributed by atoms with van der Waals surface area (Å²) in [5, 5.41) is 2.12. The van der Waals surface area contributed by atoms with Crippen LogP contribution >= 0.6 is 0 Å². The van der Waals surface area contributed by atoms with E-state index in [0.717, 1.165) is 5.56 Å². The van der Waals surface area contributed by atoms with E-state index in [1.165, 1.54) is 0 Å². The summed E-state index contributed by atoms with van der Waals surface area (Å²) < 4.78 is 77.7. The summed E-state index contributed by atoms with van der Waals surface area (Å²) >= 11 is 0. The molecule has 0 aliphatic carbocycles. The van der Waals surface area contributed by atoms with Crippen LogP contribution in [0.3, 0.4) is 0 Å². The van der Waals surface area contributed by atoms with Gasteiger partial charge in [-0.15, -0.1) is 0 Å². The predicted molar refractivity (Wildman–Crippen MR) is 91.8 cm³/mol. The molecule has 2 aromatic carbocycles. The Balaban J connectivity index is 2.36. The zero-order chi connectivity index (χ0) is 22.0. The molecule has 3 N–H and O–H groups in total. The number of amides is 2. The van der Waals surface area contributed by atoms with E-state index in [1.807, 2.05) is 0 Å². The van der Waals surface area contributed by atoms with Crippen LogP contribution in [0.5, 0.6) is 0 Å². The van der Waals surface area contributed by atoms with Gasteiger partial charge in [0.2, 0.25) is 5.91 Å². The third-order valence-electron chi connectivity index (χ3n) is 4.18. The third kappa shape index (κ3) is 5.72. The van der Waals surface area contributed by atoms with Crippen LogP contribution in [-0.2, 0) is 23.6 Å². The fourth-order valence-corrected chi connectivity index (χ4v) is 2.61. The zero-order valence-electron chi connectivity index (χ0n) is 15.0. The van der Waals surface area contributed by atoms with Crippen molar-refractivity contribution in [3.63, 3.8) is 0 Å². The molecule has 2 aromatic rings. The molecule has 156 valence electrons. The number of halogens is 6. The number of alkyl halides is 6. The van der Waals surface area contributed by atoms with Gasteiger partial charge in [-0.05, 0) is 36.2 Å². The lowest BCUT2D eigenvalue weighted by Gasteiger charge is -2.18.